The van der Waals surface area contributed by atoms with Gasteiger partial charge in [0.25, 0.3) is 0 Å². The molecule has 3 nitrogen and oxygen atoms in total. The lowest BCUT2D eigenvalue weighted by Gasteiger charge is -2.64. The van der Waals surface area contributed by atoms with Crippen LogP contribution in [0.2, 0.25) is 0 Å². The maximum absolute atomic E-state index is 12.6. The Bertz CT molecular complexity index is 753. The molecule has 7 atom stereocenters. The van der Waals surface area contributed by atoms with Crippen LogP contribution in [0.4, 0.5) is 0 Å². The number of carbonyl (C=O) groups is 1. The molecular weight excluding hydrogens is 562 g/mol. The van der Waals surface area contributed by atoms with Gasteiger partial charge in [0, 0.05) is 24.0 Å². The summed E-state index contributed by atoms with van der Waals surface area (Å²) in [7, 11) is 0. The number of esters is 1. The lowest BCUT2D eigenvalue weighted by Crippen LogP contribution is -2.68. The van der Waals surface area contributed by atoms with Crippen molar-refractivity contribution in [3.05, 3.63) is 0 Å². The third-order valence-electron chi connectivity index (χ3n) is 12.5. The van der Waals surface area contributed by atoms with Crippen molar-refractivity contribution in [2.75, 3.05) is 0 Å². The topological polar surface area (TPSA) is 29.5 Å². The van der Waals surface area contributed by atoms with Gasteiger partial charge in [-0.1, -0.05) is 144 Å². The molecule has 46 heavy (non-hydrogen) atoms. The number of hydrogen-bond donors (Lipinski definition) is 0. The lowest BCUT2D eigenvalue weighted by atomic mass is 9.56. The summed E-state index contributed by atoms with van der Waals surface area (Å²) in [6.07, 6.45) is 36.1. The lowest BCUT2D eigenvalue weighted by molar-refractivity contribution is -0.150. The number of piperidine rings is 1. The molecule has 1 saturated carbocycles. The van der Waals surface area contributed by atoms with Gasteiger partial charge in [0.05, 0.1) is 0 Å². The molecule has 0 aromatic carbocycles. The highest BCUT2D eigenvalue weighted by molar-refractivity contribution is 5.69. The van der Waals surface area contributed by atoms with Crippen LogP contribution in [0.3, 0.4) is 0 Å². The Morgan fingerprint density at radius 2 is 1.30 bits per heavy atom. The predicted molar refractivity (Wildman–Crippen MR) is 201 cm³/mol. The van der Waals surface area contributed by atoms with E-state index >= 15 is 0 Å². The molecule has 0 bridgehead atoms. The van der Waals surface area contributed by atoms with Crippen molar-refractivity contribution in [1.29, 1.82) is 0 Å². The number of hydrogen-bond acceptors (Lipinski definition) is 3. The second kappa shape index (κ2) is 24.5. The first-order valence-electron chi connectivity index (χ1n) is 21.4. The fourth-order valence-corrected chi connectivity index (χ4v) is 9.86. The van der Waals surface area contributed by atoms with Crippen LogP contribution in [0.1, 0.15) is 228 Å². The zero-order valence-electron chi connectivity index (χ0n) is 32.5. The minimum Gasteiger partial charge on any atom is -0.462 e. The van der Waals surface area contributed by atoms with Gasteiger partial charge < -0.3 is 4.74 Å². The average Bonchev–Trinajstić information content (AvgIpc) is 3.06. The van der Waals surface area contributed by atoms with E-state index in [1.54, 1.807) is 0 Å². The fraction of sp³-hybridized carbons (Fsp3) is 0.977. The molecule has 0 amide bonds. The van der Waals surface area contributed by atoms with E-state index in [2.05, 4.69) is 53.4 Å². The molecule has 2 rings (SSSR count). The van der Waals surface area contributed by atoms with Gasteiger partial charge >= 0.3 is 5.97 Å². The highest BCUT2D eigenvalue weighted by atomic mass is 16.5. The van der Waals surface area contributed by atoms with Crippen LogP contribution < -0.4 is 0 Å². The molecule has 1 saturated heterocycles. The van der Waals surface area contributed by atoms with Crippen LogP contribution in [0.5, 0.6) is 0 Å². The number of rotatable bonds is 27. The molecule has 1 heterocycles. The van der Waals surface area contributed by atoms with Crippen LogP contribution in [0.15, 0.2) is 0 Å². The summed E-state index contributed by atoms with van der Waals surface area (Å²) >= 11 is 0. The van der Waals surface area contributed by atoms with Crippen molar-refractivity contribution in [3.63, 3.8) is 0 Å². The normalized spacial score (nSPS) is 26.5. The van der Waals surface area contributed by atoms with E-state index in [0.717, 1.165) is 49.5 Å². The summed E-state index contributed by atoms with van der Waals surface area (Å²) in [6, 6.07) is 1.49. The van der Waals surface area contributed by atoms with E-state index in [9.17, 15) is 4.79 Å². The number of likely N-dealkylation sites (tertiary alicyclic amines) is 1. The first-order chi connectivity index (χ1) is 22.4. The summed E-state index contributed by atoms with van der Waals surface area (Å²) in [5.74, 6) is 2.69. The van der Waals surface area contributed by atoms with Crippen LogP contribution >= 0.6 is 0 Å². The molecule has 7 unspecified atom stereocenters. The molecule has 2 fully saturated rings. The van der Waals surface area contributed by atoms with Crippen LogP contribution in [-0.2, 0) is 9.53 Å². The molecule has 0 radical (unpaired) electrons. The van der Waals surface area contributed by atoms with Crippen molar-refractivity contribution in [3.8, 4) is 0 Å². The molecule has 3 heteroatoms. The van der Waals surface area contributed by atoms with Gasteiger partial charge in [-0.2, -0.15) is 0 Å². The minimum atomic E-state index is 0.0522. The Hall–Kier alpha value is -0.570. The smallest absolute Gasteiger partial charge is 0.306 e. The molecule has 1 aliphatic carbocycles. The van der Waals surface area contributed by atoms with Gasteiger partial charge in [-0.15, -0.1) is 0 Å². The standard InChI is InChI=1S/C43H83NO2/c1-8-13-17-22-30-38-39-31-25-26-33-41(39)44(36(6)12-5)43(7,35-27-19-15-10-3)40(38)32-23-20-21-29-37(28-16-11-4)46-42(45)34-24-18-14-9-2/h36-41H,8-35H2,1-7H3. The Kier molecular flexibility index (Phi) is 22.2. The SMILES string of the molecule is CCCCCCC(=O)OC(CCCC)CCCCCC1C(CCCCCC)C2CCCCC2N(C(C)CC)C1(C)CCCCCC. The van der Waals surface area contributed by atoms with Gasteiger partial charge in [0.2, 0.25) is 0 Å². The summed E-state index contributed by atoms with van der Waals surface area (Å²) < 4.78 is 6.07. The van der Waals surface area contributed by atoms with Crippen molar-refractivity contribution in [1.82, 2.24) is 4.90 Å². The van der Waals surface area contributed by atoms with Crippen molar-refractivity contribution < 1.29 is 9.53 Å². The van der Waals surface area contributed by atoms with Crippen molar-refractivity contribution in [2.24, 2.45) is 17.8 Å². The summed E-state index contributed by atoms with van der Waals surface area (Å²) in [5.41, 5.74) is 0.327. The minimum absolute atomic E-state index is 0.0522. The quantitative estimate of drug-likeness (QED) is 0.0657. The number of carbonyl (C=O) groups excluding carboxylic acids is 1. The van der Waals surface area contributed by atoms with Crippen LogP contribution in [0, 0.1) is 17.8 Å². The monoisotopic (exact) mass is 646 g/mol. The van der Waals surface area contributed by atoms with E-state index in [0.29, 0.717) is 18.0 Å². The molecular formula is C43H83NO2. The first-order valence-corrected chi connectivity index (χ1v) is 21.4. The van der Waals surface area contributed by atoms with Crippen LogP contribution in [-0.4, -0.2) is 34.6 Å². The third kappa shape index (κ3) is 13.7. The Morgan fingerprint density at radius 3 is 1.98 bits per heavy atom. The van der Waals surface area contributed by atoms with Crippen LogP contribution in [0.25, 0.3) is 0 Å². The fourth-order valence-electron chi connectivity index (χ4n) is 9.86. The van der Waals surface area contributed by atoms with E-state index in [1.807, 2.05) is 0 Å². The third-order valence-corrected chi connectivity index (χ3v) is 12.5. The number of ether oxygens (including phenoxy) is 1. The number of nitrogens with zero attached hydrogens (tertiary/aromatic N) is 1. The molecule has 0 spiro atoms. The van der Waals surface area contributed by atoms with E-state index in [4.69, 9.17) is 4.74 Å². The van der Waals surface area contributed by atoms with Gasteiger partial charge in [0.15, 0.2) is 0 Å². The molecule has 0 aromatic heterocycles. The maximum atomic E-state index is 12.6. The van der Waals surface area contributed by atoms with E-state index in [-0.39, 0.29) is 12.1 Å². The van der Waals surface area contributed by atoms with Gasteiger partial charge in [-0.3, -0.25) is 9.69 Å². The zero-order valence-corrected chi connectivity index (χ0v) is 32.5. The molecule has 1 aliphatic heterocycles. The average molecular weight is 646 g/mol. The van der Waals surface area contributed by atoms with E-state index in [1.165, 1.54) is 148 Å². The largest absolute Gasteiger partial charge is 0.462 e. The molecule has 272 valence electrons. The van der Waals surface area contributed by atoms with Gasteiger partial charge in [-0.05, 0) is 95.8 Å². The van der Waals surface area contributed by atoms with E-state index < -0.39 is 0 Å². The second-order valence-corrected chi connectivity index (χ2v) is 16.2. The van der Waals surface area contributed by atoms with Crippen molar-refractivity contribution in [2.45, 2.75) is 252 Å². The number of fused-ring (bicyclic) bond motifs is 1. The zero-order chi connectivity index (χ0) is 33.6. The summed E-state index contributed by atoms with van der Waals surface area (Å²) in [6.45, 7) is 17.0. The summed E-state index contributed by atoms with van der Waals surface area (Å²) in [4.78, 5) is 15.8. The second-order valence-electron chi connectivity index (χ2n) is 16.2. The number of unbranched alkanes of at least 4 members (excludes halogenated alkanes) is 12. The highest BCUT2D eigenvalue weighted by Crippen LogP contribution is 2.54. The predicted octanol–water partition coefficient (Wildman–Crippen LogP) is 13.6. The first kappa shape index (κ1) is 41.6. The Morgan fingerprint density at radius 1 is 0.717 bits per heavy atom. The molecule has 0 N–H and O–H groups in total. The Balaban J connectivity index is 2.16. The molecule has 0 aromatic rings. The summed E-state index contributed by atoms with van der Waals surface area (Å²) in [5, 5.41) is 0. The maximum Gasteiger partial charge on any atom is 0.306 e. The Labute approximate surface area is 289 Å². The highest BCUT2D eigenvalue weighted by Gasteiger charge is 2.55. The van der Waals surface area contributed by atoms with Crippen molar-refractivity contribution >= 4 is 5.97 Å². The molecule has 2 aliphatic rings. The van der Waals surface area contributed by atoms with Gasteiger partial charge in [-0.25, -0.2) is 0 Å². The van der Waals surface area contributed by atoms with Gasteiger partial charge in [0.1, 0.15) is 6.10 Å².